The Morgan fingerprint density at radius 2 is 2.28 bits per heavy atom. The predicted octanol–water partition coefficient (Wildman–Crippen LogP) is 2.17. The van der Waals surface area contributed by atoms with E-state index in [1.807, 2.05) is 25.1 Å². The van der Waals surface area contributed by atoms with Gasteiger partial charge in [0.25, 0.3) is 0 Å². The van der Waals surface area contributed by atoms with Gasteiger partial charge >= 0.3 is 0 Å². The summed E-state index contributed by atoms with van der Waals surface area (Å²) in [5.41, 5.74) is 1.75. The normalized spacial score (nSPS) is 19.9. The van der Waals surface area contributed by atoms with Gasteiger partial charge in [0.15, 0.2) is 0 Å². The molecule has 1 heterocycles. The first-order valence-electron chi connectivity index (χ1n) is 6.30. The molecule has 1 N–H and O–H groups in total. The average molecular weight is 269 g/mol. The van der Waals surface area contributed by atoms with Crippen LogP contribution in [-0.2, 0) is 21.2 Å². The molecule has 1 saturated heterocycles. The molecule has 0 saturated carbocycles. The number of rotatable bonds is 5. The second kappa shape index (κ2) is 5.71. The smallest absolute Gasteiger partial charge is 0.235 e. The molecule has 0 aromatic heterocycles. The van der Waals surface area contributed by atoms with Crippen LogP contribution in [0.25, 0.3) is 0 Å². The minimum absolute atomic E-state index is 0.0450. The van der Waals surface area contributed by atoms with E-state index in [-0.39, 0.29) is 11.9 Å². The fraction of sp³-hybridized carbons (Fsp3) is 0.538. The van der Waals surface area contributed by atoms with E-state index < -0.39 is 10.0 Å². The molecular formula is C13H19NO3S. The third-order valence-electron chi connectivity index (χ3n) is 3.04. The van der Waals surface area contributed by atoms with Crippen molar-refractivity contribution in [3.63, 3.8) is 0 Å². The van der Waals surface area contributed by atoms with Crippen molar-refractivity contribution in [2.75, 3.05) is 17.1 Å². The molecule has 5 heteroatoms. The van der Waals surface area contributed by atoms with Crippen LogP contribution < -0.4 is 4.72 Å². The van der Waals surface area contributed by atoms with Gasteiger partial charge in [-0.25, -0.2) is 8.42 Å². The molecule has 4 nitrogen and oxygen atoms in total. The van der Waals surface area contributed by atoms with Gasteiger partial charge in [0.2, 0.25) is 10.0 Å². The Morgan fingerprint density at radius 1 is 1.44 bits per heavy atom. The number of aryl methyl sites for hydroxylation is 1. The maximum Gasteiger partial charge on any atom is 0.235 e. The molecule has 1 atom stereocenters. The minimum Gasteiger partial charge on any atom is -0.377 e. The highest BCUT2D eigenvalue weighted by Crippen LogP contribution is 2.17. The Hall–Kier alpha value is -1.07. The van der Waals surface area contributed by atoms with Crippen molar-refractivity contribution in [2.45, 2.75) is 32.3 Å². The summed E-state index contributed by atoms with van der Waals surface area (Å²) >= 11 is 0. The molecule has 0 amide bonds. The highest BCUT2D eigenvalue weighted by atomic mass is 32.2. The molecule has 1 fully saturated rings. The summed E-state index contributed by atoms with van der Waals surface area (Å²) in [6.07, 6.45) is 2.51. The van der Waals surface area contributed by atoms with E-state index in [0.29, 0.717) is 12.3 Å². The van der Waals surface area contributed by atoms with E-state index in [1.54, 1.807) is 6.07 Å². The van der Waals surface area contributed by atoms with Crippen molar-refractivity contribution >= 4 is 15.7 Å². The number of benzene rings is 1. The quantitative estimate of drug-likeness (QED) is 0.891. The first-order chi connectivity index (χ1) is 8.59. The Morgan fingerprint density at radius 3 is 2.94 bits per heavy atom. The van der Waals surface area contributed by atoms with Gasteiger partial charge in [-0.1, -0.05) is 19.1 Å². The van der Waals surface area contributed by atoms with Gasteiger partial charge in [0.05, 0.1) is 11.9 Å². The standard InChI is InChI=1S/C13H19NO3S/c1-2-11-5-3-6-12(9-11)14-18(15,16)10-13-7-4-8-17-13/h3,5-6,9,13-14H,2,4,7-8,10H2,1H3. The van der Waals surface area contributed by atoms with E-state index in [1.165, 1.54) is 0 Å². The van der Waals surface area contributed by atoms with Crippen LogP contribution in [0.15, 0.2) is 24.3 Å². The molecule has 18 heavy (non-hydrogen) atoms. The number of sulfonamides is 1. The summed E-state index contributed by atoms with van der Waals surface area (Å²) in [7, 11) is -3.32. The molecule has 1 aromatic carbocycles. The molecule has 2 rings (SSSR count). The molecule has 0 aliphatic carbocycles. The number of anilines is 1. The van der Waals surface area contributed by atoms with Gasteiger partial charge in [-0.2, -0.15) is 0 Å². The van der Waals surface area contributed by atoms with Gasteiger partial charge in [0.1, 0.15) is 0 Å². The summed E-state index contributed by atoms with van der Waals surface area (Å²) in [5.74, 6) is 0.0450. The highest BCUT2D eigenvalue weighted by molar-refractivity contribution is 7.92. The van der Waals surface area contributed by atoms with Gasteiger partial charge < -0.3 is 4.74 Å². The van der Waals surface area contributed by atoms with Crippen molar-refractivity contribution in [1.29, 1.82) is 0 Å². The lowest BCUT2D eigenvalue weighted by Crippen LogP contribution is -2.25. The van der Waals surface area contributed by atoms with Crippen LogP contribution in [0, 0.1) is 0 Å². The maximum atomic E-state index is 12.0. The maximum absolute atomic E-state index is 12.0. The number of hydrogen-bond acceptors (Lipinski definition) is 3. The fourth-order valence-electron chi connectivity index (χ4n) is 2.10. The zero-order valence-electron chi connectivity index (χ0n) is 10.6. The third kappa shape index (κ3) is 3.71. The highest BCUT2D eigenvalue weighted by Gasteiger charge is 2.23. The van der Waals surface area contributed by atoms with Gasteiger partial charge in [-0.15, -0.1) is 0 Å². The van der Waals surface area contributed by atoms with Crippen LogP contribution in [0.4, 0.5) is 5.69 Å². The Labute approximate surface area is 108 Å². The Balaban J connectivity index is 2.02. The number of nitrogens with one attached hydrogen (secondary N) is 1. The first kappa shape index (κ1) is 13.4. The van der Waals surface area contributed by atoms with Gasteiger partial charge in [-0.3, -0.25) is 4.72 Å². The molecule has 100 valence electrons. The molecule has 1 aliphatic heterocycles. The topological polar surface area (TPSA) is 55.4 Å². The van der Waals surface area contributed by atoms with Crippen LogP contribution in [0.3, 0.4) is 0 Å². The number of hydrogen-bond donors (Lipinski definition) is 1. The predicted molar refractivity (Wildman–Crippen MR) is 72.2 cm³/mol. The van der Waals surface area contributed by atoms with E-state index in [9.17, 15) is 8.42 Å². The summed E-state index contributed by atoms with van der Waals surface area (Å²) in [6.45, 7) is 2.71. The minimum atomic E-state index is -3.32. The molecule has 0 bridgehead atoms. The fourth-order valence-corrected chi connectivity index (χ4v) is 3.42. The first-order valence-corrected chi connectivity index (χ1v) is 7.95. The van der Waals surface area contributed by atoms with Crippen molar-refractivity contribution < 1.29 is 13.2 Å². The second-order valence-electron chi connectivity index (χ2n) is 4.57. The van der Waals surface area contributed by atoms with Crippen molar-refractivity contribution in [3.05, 3.63) is 29.8 Å². The van der Waals surface area contributed by atoms with Gasteiger partial charge in [-0.05, 0) is 37.0 Å². The SMILES string of the molecule is CCc1cccc(NS(=O)(=O)CC2CCCO2)c1. The second-order valence-corrected chi connectivity index (χ2v) is 6.34. The summed E-state index contributed by atoms with van der Waals surface area (Å²) in [6, 6.07) is 7.49. The largest absolute Gasteiger partial charge is 0.377 e. The van der Waals surface area contributed by atoms with Crippen LogP contribution in [0.5, 0.6) is 0 Å². The zero-order valence-corrected chi connectivity index (χ0v) is 11.4. The Kier molecular flexibility index (Phi) is 4.24. The van der Waals surface area contributed by atoms with Crippen LogP contribution in [-0.4, -0.2) is 26.9 Å². The molecule has 0 spiro atoms. The van der Waals surface area contributed by atoms with Crippen LogP contribution in [0.1, 0.15) is 25.3 Å². The third-order valence-corrected chi connectivity index (χ3v) is 4.40. The summed E-state index contributed by atoms with van der Waals surface area (Å²) in [4.78, 5) is 0. The van der Waals surface area contributed by atoms with E-state index in [2.05, 4.69) is 4.72 Å². The Bertz CT molecular complexity index is 493. The van der Waals surface area contributed by atoms with Crippen molar-refractivity contribution in [2.24, 2.45) is 0 Å². The lowest BCUT2D eigenvalue weighted by molar-refractivity contribution is 0.127. The molecule has 1 unspecified atom stereocenters. The van der Waals surface area contributed by atoms with Crippen LogP contribution in [0.2, 0.25) is 0 Å². The molecular weight excluding hydrogens is 250 g/mol. The van der Waals surface area contributed by atoms with Gasteiger partial charge in [0, 0.05) is 12.3 Å². The van der Waals surface area contributed by atoms with Crippen LogP contribution >= 0.6 is 0 Å². The monoisotopic (exact) mass is 269 g/mol. The zero-order chi connectivity index (χ0) is 13.0. The summed E-state index contributed by atoms with van der Waals surface area (Å²) < 4.78 is 31.9. The van der Waals surface area contributed by atoms with E-state index >= 15 is 0 Å². The average Bonchev–Trinajstić information content (AvgIpc) is 2.80. The summed E-state index contributed by atoms with van der Waals surface area (Å²) in [5, 5.41) is 0. The molecule has 1 aromatic rings. The van der Waals surface area contributed by atoms with E-state index in [0.717, 1.165) is 24.8 Å². The lowest BCUT2D eigenvalue weighted by Gasteiger charge is -2.12. The molecule has 1 aliphatic rings. The molecule has 0 radical (unpaired) electrons. The van der Waals surface area contributed by atoms with Crippen molar-refractivity contribution in [3.8, 4) is 0 Å². The number of ether oxygens (including phenoxy) is 1. The lowest BCUT2D eigenvalue weighted by atomic mass is 10.1. The van der Waals surface area contributed by atoms with E-state index in [4.69, 9.17) is 4.74 Å². The van der Waals surface area contributed by atoms with Crippen molar-refractivity contribution in [1.82, 2.24) is 0 Å².